The maximum Gasteiger partial charge on any atom is 0.251 e. The van der Waals surface area contributed by atoms with Crippen molar-refractivity contribution in [1.82, 2.24) is 10.1 Å². The highest BCUT2D eigenvalue weighted by Gasteiger charge is 2.14. The second-order valence-corrected chi connectivity index (χ2v) is 9.06. The number of nitrogens with zero attached hydrogens (tertiary/aromatic N) is 1. The minimum absolute atomic E-state index is 0.0867. The summed E-state index contributed by atoms with van der Waals surface area (Å²) in [4.78, 5) is 17.1. The SMILES string of the molecule is COCC(C)NC(=O)c1cc(/C(C)=N/NSc2ccc(C)cc2)cc(-c2ccc(C)cc2)c1. The maximum absolute atomic E-state index is 12.9. The van der Waals surface area contributed by atoms with Crippen molar-refractivity contribution in [2.24, 2.45) is 5.10 Å². The summed E-state index contributed by atoms with van der Waals surface area (Å²) in [5.41, 5.74) is 6.70. The van der Waals surface area contributed by atoms with Crippen molar-refractivity contribution >= 4 is 23.6 Å². The van der Waals surface area contributed by atoms with Gasteiger partial charge in [0.25, 0.3) is 5.91 Å². The van der Waals surface area contributed by atoms with Crippen molar-refractivity contribution in [2.75, 3.05) is 13.7 Å². The summed E-state index contributed by atoms with van der Waals surface area (Å²) in [5, 5.41) is 7.53. The summed E-state index contributed by atoms with van der Waals surface area (Å²) < 4.78 is 5.15. The number of aryl methyl sites for hydroxylation is 2. The molecule has 1 atom stereocenters. The number of hydrazone groups is 1. The number of carbonyl (C=O) groups is 1. The molecule has 6 heteroatoms. The second kappa shape index (κ2) is 11.7. The zero-order valence-corrected chi connectivity index (χ0v) is 20.6. The van der Waals surface area contributed by atoms with E-state index in [4.69, 9.17) is 4.74 Å². The number of rotatable bonds is 9. The Morgan fingerprint density at radius 1 is 0.939 bits per heavy atom. The number of hydrogen-bond donors (Lipinski definition) is 2. The Bertz CT molecular complexity index is 1110. The minimum atomic E-state index is -0.135. The molecule has 0 fully saturated rings. The Morgan fingerprint density at radius 2 is 1.55 bits per heavy atom. The molecule has 0 aliphatic carbocycles. The van der Waals surface area contributed by atoms with Crippen LogP contribution in [0.15, 0.2) is 76.7 Å². The average Bonchev–Trinajstić information content (AvgIpc) is 2.80. The maximum atomic E-state index is 12.9. The van der Waals surface area contributed by atoms with Gasteiger partial charge >= 0.3 is 0 Å². The zero-order valence-electron chi connectivity index (χ0n) is 19.8. The van der Waals surface area contributed by atoms with E-state index in [0.29, 0.717) is 12.2 Å². The fourth-order valence-corrected chi connectivity index (χ4v) is 3.85. The monoisotopic (exact) mass is 461 g/mol. The second-order valence-electron chi connectivity index (χ2n) is 8.20. The van der Waals surface area contributed by atoms with Crippen LogP contribution in [0.2, 0.25) is 0 Å². The summed E-state index contributed by atoms with van der Waals surface area (Å²) in [6.07, 6.45) is 0. The molecule has 0 aliphatic heterocycles. The third-order valence-electron chi connectivity index (χ3n) is 5.19. The average molecular weight is 462 g/mol. The van der Waals surface area contributed by atoms with Crippen molar-refractivity contribution in [2.45, 2.75) is 38.6 Å². The van der Waals surface area contributed by atoms with Gasteiger partial charge in [-0.3, -0.25) is 4.79 Å². The normalized spacial score (nSPS) is 12.3. The molecule has 0 radical (unpaired) electrons. The third-order valence-corrected chi connectivity index (χ3v) is 5.88. The van der Waals surface area contributed by atoms with Gasteiger partial charge in [0.05, 0.1) is 12.3 Å². The van der Waals surface area contributed by atoms with E-state index < -0.39 is 0 Å². The van der Waals surface area contributed by atoms with Crippen LogP contribution >= 0.6 is 11.9 Å². The van der Waals surface area contributed by atoms with Gasteiger partial charge in [0.15, 0.2) is 0 Å². The van der Waals surface area contributed by atoms with Crippen LogP contribution in [-0.2, 0) is 4.74 Å². The predicted octanol–water partition coefficient (Wildman–Crippen LogP) is 5.76. The van der Waals surface area contributed by atoms with Gasteiger partial charge in [-0.1, -0.05) is 47.5 Å². The molecule has 0 bridgehead atoms. The Kier molecular flexibility index (Phi) is 8.69. The first-order valence-corrected chi connectivity index (χ1v) is 11.7. The molecule has 3 rings (SSSR count). The number of ether oxygens (including phenoxy) is 1. The van der Waals surface area contributed by atoms with Gasteiger partial charge in [0, 0.05) is 35.6 Å². The van der Waals surface area contributed by atoms with Gasteiger partial charge in [-0.05, 0) is 74.7 Å². The van der Waals surface area contributed by atoms with Gasteiger partial charge < -0.3 is 10.1 Å². The van der Waals surface area contributed by atoms with Crippen LogP contribution in [0, 0.1) is 13.8 Å². The molecule has 33 heavy (non-hydrogen) atoms. The number of amides is 1. The first-order chi connectivity index (χ1) is 15.9. The van der Waals surface area contributed by atoms with Crippen molar-refractivity contribution in [1.29, 1.82) is 0 Å². The van der Waals surface area contributed by atoms with Crippen molar-refractivity contribution in [3.63, 3.8) is 0 Å². The molecule has 0 spiro atoms. The van der Waals surface area contributed by atoms with Gasteiger partial charge in [-0.15, -0.1) is 0 Å². The van der Waals surface area contributed by atoms with Crippen LogP contribution < -0.4 is 10.1 Å². The van der Waals surface area contributed by atoms with Gasteiger partial charge in [0.2, 0.25) is 0 Å². The number of carbonyl (C=O) groups excluding carboxylic acids is 1. The molecule has 1 unspecified atom stereocenters. The van der Waals surface area contributed by atoms with Crippen LogP contribution in [0.5, 0.6) is 0 Å². The lowest BCUT2D eigenvalue weighted by Gasteiger charge is -2.15. The fourth-order valence-electron chi connectivity index (χ4n) is 3.29. The van der Waals surface area contributed by atoms with Crippen LogP contribution in [0.1, 0.15) is 40.9 Å². The van der Waals surface area contributed by atoms with Gasteiger partial charge in [-0.2, -0.15) is 5.10 Å². The quantitative estimate of drug-likeness (QED) is 0.242. The summed E-state index contributed by atoms with van der Waals surface area (Å²) >= 11 is 1.45. The van der Waals surface area contributed by atoms with Crippen molar-refractivity contribution in [3.8, 4) is 11.1 Å². The fraction of sp³-hybridized carbons (Fsp3) is 0.259. The molecule has 5 nitrogen and oxygen atoms in total. The lowest BCUT2D eigenvalue weighted by Crippen LogP contribution is -2.35. The summed E-state index contributed by atoms with van der Waals surface area (Å²) in [6, 6.07) is 22.3. The summed E-state index contributed by atoms with van der Waals surface area (Å²) in [6.45, 7) is 8.44. The zero-order chi connectivity index (χ0) is 23.8. The lowest BCUT2D eigenvalue weighted by molar-refractivity contribution is 0.0905. The Hall–Kier alpha value is -3.09. The first kappa shape index (κ1) is 24.6. The van der Waals surface area contributed by atoms with Crippen molar-refractivity contribution < 1.29 is 9.53 Å². The van der Waals surface area contributed by atoms with E-state index >= 15 is 0 Å². The molecule has 0 saturated carbocycles. The highest BCUT2D eigenvalue weighted by Crippen LogP contribution is 2.24. The van der Waals surface area contributed by atoms with E-state index in [1.165, 1.54) is 23.1 Å². The van der Waals surface area contributed by atoms with Gasteiger partial charge in [0.1, 0.15) is 0 Å². The standard InChI is InChI=1S/C27H31N3O2S/c1-18-6-10-22(11-7-18)24-14-23(15-25(16-24)27(31)28-20(3)17-32-5)21(4)29-30-33-26-12-8-19(2)9-13-26/h6-16,20,30H,17H2,1-5H3,(H,28,31)/b29-21+. The molecule has 0 saturated heterocycles. The molecule has 0 aliphatic rings. The molecular formula is C27H31N3O2S. The molecule has 0 heterocycles. The Labute approximate surface area is 200 Å². The van der Waals surface area contributed by atoms with Crippen LogP contribution in [0.25, 0.3) is 11.1 Å². The van der Waals surface area contributed by atoms with Gasteiger partial charge in [-0.25, -0.2) is 4.83 Å². The summed E-state index contributed by atoms with van der Waals surface area (Å²) in [7, 11) is 1.63. The molecular weight excluding hydrogens is 430 g/mol. The number of methoxy groups -OCH3 is 1. The molecule has 0 aromatic heterocycles. The topological polar surface area (TPSA) is 62.7 Å². The van der Waals surface area contributed by atoms with E-state index in [-0.39, 0.29) is 11.9 Å². The Morgan fingerprint density at radius 3 is 2.18 bits per heavy atom. The number of hydrogen-bond acceptors (Lipinski definition) is 5. The Balaban J connectivity index is 1.87. The highest BCUT2D eigenvalue weighted by molar-refractivity contribution is 7.97. The predicted molar refractivity (Wildman–Crippen MR) is 138 cm³/mol. The molecule has 3 aromatic carbocycles. The lowest BCUT2D eigenvalue weighted by atomic mass is 9.97. The van der Waals surface area contributed by atoms with Crippen LogP contribution in [0.4, 0.5) is 0 Å². The largest absolute Gasteiger partial charge is 0.383 e. The first-order valence-electron chi connectivity index (χ1n) is 10.9. The van der Waals surface area contributed by atoms with E-state index in [1.54, 1.807) is 7.11 Å². The van der Waals surface area contributed by atoms with E-state index in [2.05, 4.69) is 83.7 Å². The molecule has 2 N–H and O–H groups in total. The number of benzene rings is 3. The molecule has 3 aromatic rings. The molecule has 1 amide bonds. The van der Waals surface area contributed by atoms with Crippen LogP contribution in [0.3, 0.4) is 0 Å². The molecule has 172 valence electrons. The van der Waals surface area contributed by atoms with Crippen LogP contribution in [-0.4, -0.2) is 31.4 Å². The third kappa shape index (κ3) is 7.20. The van der Waals surface area contributed by atoms with Crippen molar-refractivity contribution in [3.05, 3.63) is 89.0 Å². The van der Waals surface area contributed by atoms with E-state index in [0.717, 1.165) is 27.3 Å². The smallest absolute Gasteiger partial charge is 0.251 e. The summed E-state index contributed by atoms with van der Waals surface area (Å²) in [5.74, 6) is -0.135. The number of nitrogens with one attached hydrogen (secondary N) is 2. The van der Waals surface area contributed by atoms with E-state index in [9.17, 15) is 4.79 Å². The van der Waals surface area contributed by atoms with E-state index in [1.807, 2.05) is 26.0 Å². The highest BCUT2D eigenvalue weighted by atomic mass is 32.2. The minimum Gasteiger partial charge on any atom is -0.383 e.